The van der Waals surface area contributed by atoms with E-state index in [2.05, 4.69) is 10.3 Å². The molecular weight excluding hydrogens is 562 g/mol. The smallest absolute Gasteiger partial charge is 0.262 e. The van der Waals surface area contributed by atoms with Gasteiger partial charge in [-0.2, -0.15) is 0 Å². The van der Waals surface area contributed by atoms with E-state index in [-0.39, 0.29) is 29.5 Å². The lowest BCUT2D eigenvalue weighted by Gasteiger charge is -2.35. The van der Waals surface area contributed by atoms with Crippen molar-refractivity contribution in [2.75, 3.05) is 11.9 Å². The Morgan fingerprint density at radius 3 is 2.62 bits per heavy atom. The van der Waals surface area contributed by atoms with Crippen molar-refractivity contribution < 1.29 is 18.4 Å². The second kappa shape index (κ2) is 10.6. The van der Waals surface area contributed by atoms with Gasteiger partial charge in [-0.25, -0.2) is 18.7 Å². The highest BCUT2D eigenvalue weighted by molar-refractivity contribution is 7.16. The molecule has 1 aliphatic rings. The van der Waals surface area contributed by atoms with E-state index >= 15 is 0 Å². The minimum absolute atomic E-state index is 0.0821. The number of carbonyl (C=O) groups excluding carboxylic acids is 2. The van der Waals surface area contributed by atoms with Crippen LogP contribution in [0.15, 0.2) is 59.7 Å². The molecule has 0 saturated carbocycles. The van der Waals surface area contributed by atoms with Gasteiger partial charge in [0.15, 0.2) is 16.8 Å². The lowest BCUT2D eigenvalue weighted by molar-refractivity contribution is -0.120. The van der Waals surface area contributed by atoms with Gasteiger partial charge in [-0.15, -0.1) is 0 Å². The first-order chi connectivity index (χ1) is 20.2. The summed E-state index contributed by atoms with van der Waals surface area (Å²) < 4.78 is 31.4. The Morgan fingerprint density at radius 2 is 1.88 bits per heavy atom. The number of thiazole rings is 1. The zero-order valence-electron chi connectivity index (χ0n) is 23.0. The molecule has 0 unspecified atom stereocenters. The number of aromatic nitrogens is 4. The average molecular weight is 589 g/mol. The molecule has 3 aromatic heterocycles. The molecule has 0 aliphatic carbocycles. The number of nitrogens with zero attached hydrogens (tertiary/aromatic N) is 5. The number of rotatable bonds is 5. The molecule has 1 aliphatic heterocycles. The van der Waals surface area contributed by atoms with E-state index in [0.717, 1.165) is 23.3 Å². The highest BCUT2D eigenvalue weighted by atomic mass is 32.1. The lowest BCUT2D eigenvalue weighted by Crippen LogP contribution is -2.39. The summed E-state index contributed by atoms with van der Waals surface area (Å²) >= 11 is 1.17. The standard InChI is InChI=1S/C30H26F2N6O3S/c1-16-11-18(15-36(3)29(16)41)17-7-10-23-22(12-17)35-27(38(23)30-34-14-25(42-30)28(40)33-2)24-5-4-6-26(39)37(24)19-8-9-20(31)21(32)13-19/h7-15,24H,4-6H2,1-3H3,(H,33,40)/t24-/m0/s1. The van der Waals surface area contributed by atoms with Crippen LogP contribution in [0.25, 0.3) is 27.3 Å². The largest absolute Gasteiger partial charge is 0.354 e. The molecule has 0 bridgehead atoms. The zero-order chi connectivity index (χ0) is 29.7. The highest BCUT2D eigenvalue weighted by Gasteiger charge is 2.35. The quantitative estimate of drug-likeness (QED) is 0.310. The molecule has 2 aromatic carbocycles. The number of pyridine rings is 1. The van der Waals surface area contributed by atoms with Crippen LogP contribution in [0.2, 0.25) is 0 Å². The number of anilines is 1. The van der Waals surface area contributed by atoms with Crippen molar-refractivity contribution in [2.24, 2.45) is 7.05 Å². The fraction of sp³-hybridized carbons (Fsp3) is 0.233. The van der Waals surface area contributed by atoms with E-state index in [0.29, 0.717) is 45.3 Å². The number of nitrogens with one attached hydrogen (secondary N) is 1. The number of aryl methyl sites for hydroxylation is 2. The Bertz CT molecular complexity index is 1920. The Labute approximate surface area is 243 Å². The van der Waals surface area contributed by atoms with Crippen molar-refractivity contribution in [1.82, 2.24) is 24.4 Å². The summed E-state index contributed by atoms with van der Waals surface area (Å²) in [6.07, 6.45) is 4.60. The van der Waals surface area contributed by atoms with Crippen LogP contribution in [0.3, 0.4) is 0 Å². The first-order valence-electron chi connectivity index (χ1n) is 13.3. The van der Waals surface area contributed by atoms with Crippen molar-refractivity contribution in [3.8, 4) is 16.3 Å². The van der Waals surface area contributed by atoms with Gasteiger partial charge < -0.3 is 14.8 Å². The van der Waals surface area contributed by atoms with E-state index in [1.165, 1.54) is 40.1 Å². The Hall–Kier alpha value is -4.71. The third kappa shape index (κ3) is 4.67. The van der Waals surface area contributed by atoms with Gasteiger partial charge in [0.2, 0.25) is 5.91 Å². The maximum Gasteiger partial charge on any atom is 0.262 e. The molecule has 2 amide bonds. The molecule has 12 heteroatoms. The highest BCUT2D eigenvalue weighted by Crippen LogP contribution is 2.39. The van der Waals surface area contributed by atoms with Gasteiger partial charge in [0, 0.05) is 44.0 Å². The van der Waals surface area contributed by atoms with Crippen molar-refractivity contribution in [3.05, 3.63) is 93.1 Å². The van der Waals surface area contributed by atoms with E-state index in [4.69, 9.17) is 4.98 Å². The van der Waals surface area contributed by atoms with Gasteiger partial charge in [0.05, 0.1) is 23.3 Å². The summed E-state index contributed by atoms with van der Waals surface area (Å²) in [4.78, 5) is 49.3. The van der Waals surface area contributed by atoms with Crippen LogP contribution in [0.1, 0.15) is 46.4 Å². The van der Waals surface area contributed by atoms with Gasteiger partial charge in [0.1, 0.15) is 10.7 Å². The molecule has 42 heavy (non-hydrogen) atoms. The number of piperidine rings is 1. The van der Waals surface area contributed by atoms with E-state index in [1.54, 1.807) is 20.2 Å². The normalized spacial score (nSPS) is 15.4. The number of imidazole rings is 1. The molecule has 0 spiro atoms. The van der Waals surface area contributed by atoms with E-state index in [9.17, 15) is 23.2 Å². The number of benzene rings is 2. The molecule has 0 radical (unpaired) electrons. The average Bonchev–Trinajstić information content (AvgIpc) is 3.61. The lowest BCUT2D eigenvalue weighted by atomic mass is 9.99. The number of fused-ring (bicyclic) bond motifs is 1. The first-order valence-corrected chi connectivity index (χ1v) is 14.1. The van der Waals surface area contributed by atoms with Crippen LogP contribution >= 0.6 is 11.3 Å². The van der Waals surface area contributed by atoms with Crippen molar-refractivity contribution in [2.45, 2.75) is 32.2 Å². The second-order valence-electron chi connectivity index (χ2n) is 10.2. The molecule has 6 rings (SSSR count). The molecule has 4 heterocycles. The minimum Gasteiger partial charge on any atom is -0.354 e. The molecule has 9 nitrogen and oxygen atoms in total. The number of hydrogen-bond donors (Lipinski definition) is 1. The molecule has 1 fully saturated rings. The first kappa shape index (κ1) is 27.5. The predicted octanol–water partition coefficient (Wildman–Crippen LogP) is 5.05. The van der Waals surface area contributed by atoms with Crippen LogP contribution in [0.4, 0.5) is 14.5 Å². The van der Waals surface area contributed by atoms with Crippen molar-refractivity contribution >= 4 is 39.9 Å². The van der Waals surface area contributed by atoms with Gasteiger partial charge >= 0.3 is 0 Å². The third-order valence-electron chi connectivity index (χ3n) is 7.44. The van der Waals surface area contributed by atoms with Crippen LogP contribution in [0.5, 0.6) is 0 Å². The summed E-state index contributed by atoms with van der Waals surface area (Å²) in [5, 5.41) is 3.07. The fourth-order valence-electron chi connectivity index (χ4n) is 5.41. The maximum absolute atomic E-state index is 14.3. The Morgan fingerprint density at radius 1 is 1.07 bits per heavy atom. The molecular formula is C30H26F2N6O3S. The monoisotopic (exact) mass is 588 g/mol. The van der Waals surface area contributed by atoms with Crippen molar-refractivity contribution in [1.29, 1.82) is 0 Å². The van der Waals surface area contributed by atoms with Gasteiger partial charge in [-0.1, -0.05) is 17.4 Å². The summed E-state index contributed by atoms with van der Waals surface area (Å²) in [7, 11) is 3.24. The molecule has 1 saturated heterocycles. The second-order valence-corrected chi connectivity index (χ2v) is 11.2. The summed E-state index contributed by atoms with van der Waals surface area (Å²) in [6, 6.07) is 10.3. The van der Waals surface area contributed by atoms with E-state index in [1.807, 2.05) is 28.8 Å². The van der Waals surface area contributed by atoms with Gasteiger partial charge in [-0.3, -0.25) is 19.0 Å². The molecule has 1 N–H and O–H groups in total. The summed E-state index contributed by atoms with van der Waals surface area (Å²) in [6.45, 7) is 1.76. The summed E-state index contributed by atoms with van der Waals surface area (Å²) in [5.74, 6) is -2.09. The topological polar surface area (TPSA) is 102 Å². The van der Waals surface area contributed by atoms with Crippen molar-refractivity contribution in [3.63, 3.8) is 0 Å². The maximum atomic E-state index is 14.3. The number of halogens is 2. The SMILES string of the molecule is CNC(=O)c1cnc(-n2c([C@@H]3CCCC(=O)N3c3ccc(F)c(F)c3)nc3cc(-c4cc(C)c(=O)n(C)c4)ccc32)s1. The van der Waals surface area contributed by atoms with Gasteiger partial charge in [0.25, 0.3) is 11.5 Å². The summed E-state index contributed by atoms with van der Waals surface area (Å²) in [5.41, 5.74) is 3.72. The van der Waals surface area contributed by atoms with Crippen LogP contribution < -0.4 is 15.8 Å². The minimum atomic E-state index is -1.05. The van der Waals surface area contributed by atoms with Crippen LogP contribution in [-0.2, 0) is 11.8 Å². The number of carbonyl (C=O) groups is 2. The zero-order valence-corrected chi connectivity index (χ0v) is 23.8. The van der Waals surface area contributed by atoms with Crippen LogP contribution in [-0.4, -0.2) is 38.0 Å². The Kier molecular flexibility index (Phi) is 6.93. The van der Waals surface area contributed by atoms with E-state index < -0.39 is 17.7 Å². The number of hydrogen-bond acceptors (Lipinski definition) is 6. The fourth-order valence-corrected chi connectivity index (χ4v) is 6.29. The molecule has 214 valence electrons. The predicted molar refractivity (Wildman–Crippen MR) is 156 cm³/mol. The Balaban J connectivity index is 1.56. The third-order valence-corrected chi connectivity index (χ3v) is 8.42. The van der Waals surface area contributed by atoms with Crippen LogP contribution in [0, 0.1) is 18.6 Å². The number of amides is 2. The molecule has 1 atom stereocenters. The van der Waals surface area contributed by atoms with Gasteiger partial charge in [-0.05, 0) is 61.2 Å². The molecule has 5 aromatic rings.